The number of alkyl halides is 3. The average molecular weight is 287 g/mol. The van der Waals surface area contributed by atoms with Crippen LogP contribution >= 0.6 is 0 Å². The lowest BCUT2D eigenvalue weighted by molar-refractivity contribution is -0.148. The smallest absolute Gasteiger partial charge is 0.416 e. The Morgan fingerprint density at radius 2 is 1.90 bits per heavy atom. The summed E-state index contributed by atoms with van der Waals surface area (Å²) in [7, 11) is 0. The minimum Gasteiger partial charge on any atom is -0.481 e. The maximum absolute atomic E-state index is 13.0. The van der Waals surface area contributed by atoms with Gasteiger partial charge >= 0.3 is 12.1 Å². The van der Waals surface area contributed by atoms with Gasteiger partial charge in [-0.2, -0.15) is 13.2 Å². The Morgan fingerprint density at radius 1 is 1.30 bits per heavy atom. The summed E-state index contributed by atoms with van der Waals surface area (Å²) in [6.07, 6.45) is -3.03. The molecule has 2 rings (SSSR count). The van der Waals surface area contributed by atoms with Gasteiger partial charge in [0.2, 0.25) is 0 Å². The summed E-state index contributed by atoms with van der Waals surface area (Å²) >= 11 is 0. The van der Waals surface area contributed by atoms with Crippen molar-refractivity contribution in [1.29, 1.82) is 0 Å². The van der Waals surface area contributed by atoms with E-state index in [1.54, 1.807) is 0 Å². The van der Waals surface area contributed by atoms with Crippen LogP contribution < -0.4 is 0 Å². The molecule has 1 aliphatic rings. The third kappa shape index (κ3) is 2.39. The van der Waals surface area contributed by atoms with E-state index in [0.29, 0.717) is 0 Å². The van der Waals surface area contributed by atoms with Crippen LogP contribution in [0.4, 0.5) is 13.2 Å². The predicted molar refractivity (Wildman–Crippen MR) is 62.0 cm³/mol. The first kappa shape index (κ1) is 14.5. The monoisotopic (exact) mass is 287 g/mol. The fourth-order valence-corrected chi connectivity index (χ4v) is 2.58. The molecule has 7 heteroatoms. The van der Waals surface area contributed by atoms with Gasteiger partial charge in [-0.05, 0) is 24.5 Å². The maximum Gasteiger partial charge on any atom is 0.416 e. The van der Waals surface area contributed by atoms with Gasteiger partial charge in [0.05, 0.1) is 11.0 Å². The van der Waals surface area contributed by atoms with E-state index in [2.05, 4.69) is 4.98 Å². The number of hydrogen-bond acceptors (Lipinski definition) is 3. The Hall–Kier alpha value is -1.92. The number of halogens is 3. The van der Waals surface area contributed by atoms with Gasteiger partial charge in [-0.3, -0.25) is 14.6 Å². The van der Waals surface area contributed by atoms with Gasteiger partial charge in [-0.25, -0.2) is 0 Å². The number of aromatic nitrogens is 1. The summed E-state index contributed by atoms with van der Waals surface area (Å²) in [6.45, 7) is 0. The van der Waals surface area contributed by atoms with Gasteiger partial charge in [-0.1, -0.05) is 0 Å². The van der Waals surface area contributed by atoms with Crippen LogP contribution in [-0.2, 0) is 21.2 Å². The molecule has 20 heavy (non-hydrogen) atoms. The second-order valence-corrected chi connectivity index (χ2v) is 4.84. The number of pyridine rings is 1. The molecule has 0 aromatic carbocycles. The van der Waals surface area contributed by atoms with Crippen molar-refractivity contribution >= 4 is 11.8 Å². The van der Waals surface area contributed by atoms with Gasteiger partial charge in [0.25, 0.3) is 0 Å². The fourth-order valence-electron chi connectivity index (χ4n) is 2.58. The van der Waals surface area contributed by atoms with E-state index in [9.17, 15) is 27.9 Å². The number of Topliss-reactive ketones (excluding diaryl/α,β-unsaturated/α-hetero) is 1. The lowest BCUT2D eigenvalue weighted by atomic mass is 9.68. The van der Waals surface area contributed by atoms with Gasteiger partial charge < -0.3 is 5.11 Å². The molecule has 1 saturated carbocycles. The molecule has 1 N–H and O–H groups in total. The molecule has 0 amide bonds. The minimum atomic E-state index is -4.65. The number of hydrogen-bond donors (Lipinski definition) is 1. The zero-order valence-corrected chi connectivity index (χ0v) is 10.4. The molecule has 1 heterocycles. The van der Waals surface area contributed by atoms with Crippen LogP contribution in [0, 0.1) is 0 Å². The van der Waals surface area contributed by atoms with Crippen molar-refractivity contribution in [3.05, 3.63) is 29.6 Å². The minimum absolute atomic E-state index is 0.0293. The van der Waals surface area contributed by atoms with Crippen molar-refractivity contribution in [2.45, 2.75) is 37.3 Å². The maximum atomic E-state index is 13.0. The van der Waals surface area contributed by atoms with Gasteiger partial charge in [0, 0.05) is 25.2 Å². The van der Waals surface area contributed by atoms with Crippen LogP contribution in [0.25, 0.3) is 0 Å². The van der Waals surface area contributed by atoms with Crippen molar-refractivity contribution in [3.8, 4) is 0 Å². The van der Waals surface area contributed by atoms with E-state index < -0.39 is 23.1 Å². The number of carboxylic acids is 1. The summed E-state index contributed by atoms with van der Waals surface area (Å²) in [6, 6.07) is 0.774. The molecular weight excluding hydrogens is 275 g/mol. The Balaban J connectivity index is 2.57. The van der Waals surface area contributed by atoms with Crippen LogP contribution in [0.1, 0.15) is 36.8 Å². The lowest BCUT2D eigenvalue weighted by Gasteiger charge is -2.34. The quantitative estimate of drug-likeness (QED) is 0.907. The Bertz CT molecular complexity index is 544. The highest BCUT2D eigenvalue weighted by atomic mass is 19.4. The highest BCUT2D eigenvalue weighted by molar-refractivity contribution is 5.87. The van der Waals surface area contributed by atoms with Crippen LogP contribution in [0.15, 0.2) is 18.5 Å². The molecule has 1 aromatic rings. The number of carboxylic acid groups (broad SMARTS) is 1. The van der Waals surface area contributed by atoms with Gasteiger partial charge in [-0.15, -0.1) is 0 Å². The fraction of sp³-hybridized carbons (Fsp3) is 0.462. The summed E-state index contributed by atoms with van der Waals surface area (Å²) in [4.78, 5) is 26.4. The summed E-state index contributed by atoms with van der Waals surface area (Å²) < 4.78 is 39.1. The normalized spacial score (nSPS) is 18.9. The Morgan fingerprint density at radius 3 is 2.40 bits per heavy atom. The first-order valence-electron chi connectivity index (χ1n) is 6.04. The number of carbonyl (C=O) groups excluding carboxylic acids is 1. The number of ketones is 1. The van der Waals surface area contributed by atoms with Crippen molar-refractivity contribution in [3.63, 3.8) is 0 Å². The van der Waals surface area contributed by atoms with E-state index in [4.69, 9.17) is 0 Å². The molecule has 1 aliphatic carbocycles. The van der Waals surface area contributed by atoms with E-state index in [-0.39, 0.29) is 37.0 Å². The molecule has 0 radical (unpaired) electrons. The first-order valence-corrected chi connectivity index (χ1v) is 6.04. The second-order valence-electron chi connectivity index (χ2n) is 4.84. The van der Waals surface area contributed by atoms with E-state index in [0.717, 1.165) is 18.5 Å². The van der Waals surface area contributed by atoms with Crippen molar-refractivity contribution in [1.82, 2.24) is 4.98 Å². The van der Waals surface area contributed by atoms with Gasteiger partial charge in [0.1, 0.15) is 5.78 Å². The summed E-state index contributed by atoms with van der Waals surface area (Å²) in [5.41, 5.74) is -3.04. The van der Waals surface area contributed by atoms with Gasteiger partial charge in [0.15, 0.2) is 0 Å². The molecule has 0 spiro atoms. The zero-order chi connectivity index (χ0) is 15.0. The lowest BCUT2D eigenvalue weighted by Crippen LogP contribution is -2.41. The van der Waals surface area contributed by atoms with Crippen molar-refractivity contribution < 1.29 is 27.9 Å². The largest absolute Gasteiger partial charge is 0.481 e. The van der Waals surface area contributed by atoms with Crippen LogP contribution in [0.2, 0.25) is 0 Å². The third-order valence-corrected chi connectivity index (χ3v) is 3.71. The predicted octanol–water partition coefficient (Wildman–Crippen LogP) is 2.57. The van der Waals surface area contributed by atoms with Crippen LogP contribution in [0.3, 0.4) is 0 Å². The molecule has 108 valence electrons. The molecule has 1 fully saturated rings. The molecule has 0 atom stereocenters. The van der Waals surface area contributed by atoms with Crippen molar-refractivity contribution in [2.24, 2.45) is 0 Å². The highest BCUT2D eigenvalue weighted by Crippen LogP contribution is 2.44. The molecule has 0 unspecified atom stereocenters. The number of carbonyl (C=O) groups is 2. The Kier molecular flexibility index (Phi) is 3.54. The second kappa shape index (κ2) is 4.88. The summed E-state index contributed by atoms with van der Waals surface area (Å²) in [5, 5.41) is 9.41. The molecule has 0 saturated heterocycles. The van der Waals surface area contributed by atoms with E-state index in [1.165, 1.54) is 0 Å². The SMILES string of the molecule is O=C1CCC(C(=O)O)(c2cnccc2C(F)(F)F)CC1. The highest BCUT2D eigenvalue weighted by Gasteiger charge is 2.48. The number of aliphatic carboxylic acids is 1. The average Bonchev–Trinajstić information content (AvgIpc) is 2.38. The van der Waals surface area contributed by atoms with E-state index >= 15 is 0 Å². The molecular formula is C13H12F3NO3. The summed E-state index contributed by atoms with van der Waals surface area (Å²) in [5.74, 6) is -1.47. The third-order valence-electron chi connectivity index (χ3n) is 3.71. The van der Waals surface area contributed by atoms with Crippen molar-refractivity contribution in [2.75, 3.05) is 0 Å². The van der Waals surface area contributed by atoms with Crippen LogP contribution in [-0.4, -0.2) is 21.8 Å². The molecule has 0 bridgehead atoms. The van der Waals surface area contributed by atoms with Crippen LogP contribution in [0.5, 0.6) is 0 Å². The van der Waals surface area contributed by atoms with E-state index in [1.807, 2.05) is 0 Å². The number of rotatable bonds is 2. The molecule has 4 nitrogen and oxygen atoms in total. The topological polar surface area (TPSA) is 67.3 Å². The first-order chi connectivity index (χ1) is 9.27. The standard InChI is InChI=1S/C13H12F3NO3/c14-13(15,16)9-3-6-17-7-10(9)12(11(19)20)4-1-8(18)2-5-12/h3,6-7H,1-2,4-5H2,(H,19,20). The zero-order valence-electron chi connectivity index (χ0n) is 10.4. The molecule has 1 aromatic heterocycles. The number of nitrogens with zero attached hydrogens (tertiary/aromatic N) is 1. The molecule has 0 aliphatic heterocycles. The Labute approximate surface area is 112 Å².